The minimum absolute atomic E-state index is 0.288. The Hall–Kier alpha value is -0.760. The van der Waals surface area contributed by atoms with Crippen LogP contribution < -0.4 is 0 Å². The molecule has 0 aliphatic heterocycles. The first kappa shape index (κ1) is 15.6. The predicted molar refractivity (Wildman–Crippen MR) is 87.3 cm³/mol. The van der Waals surface area contributed by atoms with Gasteiger partial charge in [-0.3, -0.25) is 0 Å². The van der Waals surface area contributed by atoms with Gasteiger partial charge in [-0.25, -0.2) is 4.98 Å². The van der Waals surface area contributed by atoms with Crippen molar-refractivity contribution in [1.82, 2.24) is 4.98 Å². The van der Waals surface area contributed by atoms with Gasteiger partial charge in [0, 0.05) is 15.7 Å². The molecule has 1 aromatic heterocycles. The normalized spacial score (nSPS) is 12.5. The molecule has 0 radical (unpaired) electrons. The largest absolute Gasteiger partial charge is 0.241 e. The summed E-state index contributed by atoms with van der Waals surface area (Å²) in [6.07, 6.45) is 0.871. The van der Waals surface area contributed by atoms with Gasteiger partial charge in [-0.1, -0.05) is 47.8 Å². The van der Waals surface area contributed by atoms with E-state index in [2.05, 4.69) is 18.8 Å². The SMILES string of the molecule is Cc1nc(Cl)cc(CC(C)c2ccc(Cl)cc2Cl)c1C. The van der Waals surface area contributed by atoms with Crippen LogP contribution in [0.2, 0.25) is 15.2 Å². The van der Waals surface area contributed by atoms with Crippen molar-refractivity contribution in [2.75, 3.05) is 0 Å². The zero-order chi connectivity index (χ0) is 14.9. The van der Waals surface area contributed by atoms with Crippen molar-refractivity contribution in [2.45, 2.75) is 33.1 Å². The molecule has 0 fully saturated rings. The second-order valence-electron chi connectivity index (χ2n) is 5.09. The maximum atomic E-state index is 6.27. The highest BCUT2D eigenvalue weighted by Crippen LogP contribution is 2.31. The van der Waals surface area contributed by atoms with Crippen LogP contribution in [0, 0.1) is 13.8 Å². The molecule has 1 heterocycles. The zero-order valence-electron chi connectivity index (χ0n) is 11.7. The topological polar surface area (TPSA) is 12.9 Å². The van der Waals surface area contributed by atoms with Gasteiger partial charge in [-0.05, 0) is 61.1 Å². The Morgan fingerprint density at radius 3 is 2.45 bits per heavy atom. The van der Waals surface area contributed by atoms with E-state index < -0.39 is 0 Å². The monoisotopic (exact) mass is 327 g/mol. The first-order chi connectivity index (χ1) is 9.38. The van der Waals surface area contributed by atoms with Crippen LogP contribution in [0.3, 0.4) is 0 Å². The van der Waals surface area contributed by atoms with E-state index in [1.54, 1.807) is 6.07 Å². The van der Waals surface area contributed by atoms with E-state index in [-0.39, 0.29) is 5.92 Å². The summed E-state index contributed by atoms with van der Waals surface area (Å²) in [5, 5.41) is 1.90. The number of nitrogens with zero attached hydrogens (tertiary/aromatic N) is 1. The molecule has 1 nitrogen and oxygen atoms in total. The summed E-state index contributed by atoms with van der Waals surface area (Å²) < 4.78 is 0. The third-order valence-electron chi connectivity index (χ3n) is 3.61. The third kappa shape index (κ3) is 3.46. The fourth-order valence-corrected chi connectivity index (χ4v) is 3.17. The molecule has 2 aromatic rings. The highest BCUT2D eigenvalue weighted by molar-refractivity contribution is 6.35. The summed E-state index contributed by atoms with van der Waals surface area (Å²) in [5.74, 6) is 0.288. The lowest BCUT2D eigenvalue weighted by Crippen LogP contribution is -2.03. The van der Waals surface area contributed by atoms with Crippen LogP contribution in [0.15, 0.2) is 24.3 Å². The molecule has 0 saturated heterocycles. The van der Waals surface area contributed by atoms with Gasteiger partial charge >= 0.3 is 0 Å². The fourth-order valence-electron chi connectivity index (χ4n) is 2.31. The maximum Gasteiger partial charge on any atom is 0.129 e. The standard InChI is InChI=1S/C16H16Cl3N/c1-9(14-5-4-13(17)8-15(14)18)6-12-7-16(19)20-11(3)10(12)2/h4-5,7-9H,6H2,1-3H3. The van der Waals surface area contributed by atoms with Gasteiger partial charge in [0.15, 0.2) is 0 Å². The smallest absolute Gasteiger partial charge is 0.129 e. The van der Waals surface area contributed by atoms with Crippen LogP contribution in [-0.2, 0) is 6.42 Å². The van der Waals surface area contributed by atoms with Gasteiger partial charge < -0.3 is 0 Å². The van der Waals surface area contributed by atoms with E-state index in [4.69, 9.17) is 34.8 Å². The van der Waals surface area contributed by atoms with E-state index in [9.17, 15) is 0 Å². The predicted octanol–water partition coefficient (Wildman–Crippen LogP) is 6.00. The quantitative estimate of drug-likeness (QED) is 0.629. The molecular formula is C16H16Cl3N. The van der Waals surface area contributed by atoms with Crippen molar-refractivity contribution in [1.29, 1.82) is 0 Å². The molecule has 0 aliphatic carbocycles. The molecule has 4 heteroatoms. The van der Waals surface area contributed by atoms with Crippen molar-refractivity contribution in [3.05, 3.63) is 61.8 Å². The van der Waals surface area contributed by atoms with Crippen LogP contribution in [0.4, 0.5) is 0 Å². The first-order valence-electron chi connectivity index (χ1n) is 6.46. The second kappa shape index (κ2) is 6.34. The number of halogens is 3. The van der Waals surface area contributed by atoms with Gasteiger partial charge in [0.25, 0.3) is 0 Å². The molecule has 0 bridgehead atoms. The number of hydrogen-bond donors (Lipinski definition) is 0. The molecule has 1 unspecified atom stereocenters. The Bertz CT molecular complexity index is 638. The molecule has 2 rings (SSSR count). The molecule has 0 aliphatic rings. The molecule has 1 aromatic carbocycles. The van der Waals surface area contributed by atoms with E-state index in [1.807, 2.05) is 25.1 Å². The van der Waals surface area contributed by atoms with Crippen LogP contribution in [0.25, 0.3) is 0 Å². The van der Waals surface area contributed by atoms with E-state index in [0.29, 0.717) is 15.2 Å². The minimum atomic E-state index is 0.288. The second-order valence-corrected chi connectivity index (χ2v) is 6.32. The lowest BCUT2D eigenvalue weighted by atomic mass is 9.92. The molecule has 0 spiro atoms. The summed E-state index contributed by atoms with van der Waals surface area (Å²) in [5.41, 5.74) is 4.47. The van der Waals surface area contributed by atoms with Crippen molar-refractivity contribution < 1.29 is 0 Å². The molecule has 106 valence electrons. The number of rotatable bonds is 3. The van der Waals surface area contributed by atoms with Gasteiger partial charge in [-0.15, -0.1) is 0 Å². The summed E-state index contributed by atoms with van der Waals surface area (Å²) in [4.78, 5) is 4.26. The molecule has 20 heavy (non-hydrogen) atoms. The number of aryl methyl sites for hydroxylation is 1. The van der Waals surface area contributed by atoms with Gasteiger partial charge in [-0.2, -0.15) is 0 Å². The average Bonchev–Trinajstić information content (AvgIpc) is 2.35. The number of hydrogen-bond acceptors (Lipinski definition) is 1. The lowest BCUT2D eigenvalue weighted by molar-refractivity contribution is 0.752. The lowest BCUT2D eigenvalue weighted by Gasteiger charge is -2.16. The minimum Gasteiger partial charge on any atom is -0.241 e. The number of pyridine rings is 1. The van der Waals surface area contributed by atoms with Crippen molar-refractivity contribution in [3.8, 4) is 0 Å². The van der Waals surface area contributed by atoms with Crippen molar-refractivity contribution >= 4 is 34.8 Å². The molecule has 0 N–H and O–H groups in total. The number of benzene rings is 1. The van der Waals surface area contributed by atoms with Gasteiger partial charge in [0.05, 0.1) is 0 Å². The zero-order valence-corrected chi connectivity index (χ0v) is 13.9. The van der Waals surface area contributed by atoms with Gasteiger partial charge in [0.2, 0.25) is 0 Å². The van der Waals surface area contributed by atoms with Crippen LogP contribution in [-0.4, -0.2) is 4.98 Å². The van der Waals surface area contributed by atoms with Crippen LogP contribution >= 0.6 is 34.8 Å². The Morgan fingerprint density at radius 2 is 1.80 bits per heavy atom. The Kier molecular flexibility index (Phi) is 4.95. The van der Waals surface area contributed by atoms with Crippen molar-refractivity contribution in [3.63, 3.8) is 0 Å². The molecular weight excluding hydrogens is 313 g/mol. The van der Waals surface area contributed by atoms with Crippen LogP contribution in [0.5, 0.6) is 0 Å². The first-order valence-corrected chi connectivity index (χ1v) is 7.59. The highest BCUT2D eigenvalue weighted by Gasteiger charge is 2.14. The van der Waals surface area contributed by atoms with Gasteiger partial charge in [0.1, 0.15) is 5.15 Å². The van der Waals surface area contributed by atoms with Crippen LogP contribution in [0.1, 0.15) is 35.2 Å². The number of aromatic nitrogens is 1. The van der Waals surface area contributed by atoms with Crippen molar-refractivity contribution in [2.24, 2.45) is 0 Å². The Balaban J connectivity index is 2.30. The summed E-state index contributed by atoms with van der Waals surface area (Å²) in [6, 6.07) is 7.58. The molecule has 0 amide bonds. The highest BCUT2D eigenvalue weighted by atomic mass is 35.5. The Morgan fingerprint density at radius 1 is 1.10 bits per heavy atom. The maximum absolute atomic E-state index is 6.27. The summed E-state index contributed by atoms with van der Waals surface area (Å²) in [7, 11) is 0. The molecule has 0 saturated carbocycles. The average molecular weight is 329 g/mol. The molecule has 1 atom stereocenters. The summed E-state index contributed by atoms with van der Waals surface area (Å²) >= 11 is 18.3. The fraction of sp³-hybridized carbons (Fsp3) is 0.312. The third-order valence-corrected chi connectivity index (χ3v) is 4.37. The Labute approximate surface area is 134 Å². The summed E-state index contributed by atoms with van der Waals surface area (Å²) in [6.45, 7) is 6.20. The van der Waals surface area contributed by atoms with E-state index >= 15 is 0 Å². The van der Waals surface area contributed by atoms with E-state index in [1.165, 1.54) is 11.1 Å². The van der Waals surface area contributed by atoms with E-state index in [0.717, 1.165) is 17.7 Å².